The maximum atomic E-state index is 12.2. The standard InChI is InChI=1S/C25H26N2OS/c1-25-12-11-24(28)27(2)23(25)10-7-18-14-21(8-9-22(18)25)29-16-20-13-17-5-3-4-6-19(17)15-26-20/h3-6,8-9,13-15,23H,7,10-12,16H2,1-2H3. The molecule has 148 valence electrons. The third-order valence-electron chi connectivity index (χ3n) is 6.91. The third-order valence-corrected chi connectivity index (χ3v) is 7.94. The molecule has 2 atom stereocenters. The van der Waals surface area contributed by atoms with Crippen LogP contribution < -0.4 is 0 Å². The normalized spacial score (nSPS) is 23.7. The molecule has 4 heteroatoms. The van der Waals surface area contributed by atoms with E-state index in [0.717, 1.165) is 30.7 Å². The van der Waals surface area contributed by atoms with Crippen molar-refractivity contribution in [2.24, 2.45) is 0 Å². The molecule has 0 saturated carbocycles. The van der Waals surface area contributed by atoms with Crippen molar-refractivity contribution in [1.29, 1.82) is 0 Å². The van der Waals surface area contributed by atoms with Crippen LogP contribution in [0.5, 0.6) is 0 Å². The molecule has 2 aromatic carbocycles. The minimum absolute atomic E-state index is 0.0827. The van der Waals surface area contributed by atoms with Gasteiger partial charge in [0.1, 0.15) is 0 Å². The maximum Gasteiger partial charge on any atom is 0.222 e. The monoisotopic (exact) mass is 402 g/mol. The molecule has 1 aliphatic carbocycles. The van der Waals surface area contributed by atoms with Crippen LogP contribution in [-0.4, -0.2) is 28.9 Å². The fraction of sp³-hybridized carbons (Fsp3) is 0.360. The molecule has 1 aromatic heterocycles. The Morgan fingerprint density at radius 2 is 1.97 bits per heavy atom. The van der Waals surface area contributed by atoms with Crippen molar-refractivity contribution in [3.8, 4) is 0 Å². The highest BCUT2D eigenvalue weighted by Crippen LogP contribution is 2.46. The Hall–Kier alpha value is -2.33. The Bertz CT molecular complexity index is 1100. The molecule has 29 heavy (non-hydrogen) atoms. The van der Waals surface area contributed by atoms with Crippen LogP contribution in [0.25, 0.3) is 10.8 Å². The number of rotatable bonds is 3. The lowest BCUT2D eigenvalue weighted by molar-refractivity contribution is -0.138. The van der Waals surface area contributed by atoms with Gasteiger partial charge in [0.2, 0.25) is 5.91 Å². The highest BCUT2D eigenvalue weighted by Gasteiger charge is 2.46. The van der Waals surface area contributed by atoms with Gasteiger partial charge in [0.15, 0.2) is 0 Å². The number of hydrogen-bond acceptors (Lipinski definition) is 3. The van der Waals surface area contributed by atoms with E-state index < -0.39 is 0 Å². The van der Waals surface area contributed by atoms with Gasteiger partial charge in [-0.05, 0) is 54.0 Å². The second kappa shape index (κ2) is 7.17. The van der Waals surface area contributed by atoms with E-state index >= 15 is 0 Å². The van der Waals surface area contributed by atoms with Crippen molar-refractivity contribution in [3.63, 3.8) is 0 Å². The lowest BCUT2D eigenvalue weighted by Gasteiger charge is -2.50. The van der Waals surface area contributed by atoms with Crippen LogP contribution in [0, 0.1) is 0 Å². The van der Waals surface area contributed by atoms with Gasteiger partial charge in [-0.25, -0.2) is 0 Å². The first-order valence-electron chi connectivity index (χ1n) is 10.4. The second-order valence-corrected chi connectivity index (χ2v) is 9.66. The number of likely N-dealkylation sites (tertiary alicyclic amines) is 1. The Balaban J connectivity index is 1.36. The molecule has 0 bridgehead atoms. The summed E-state index contributed by atoms with van der Waals surface area (Å²) in [4.78, 5) is 20.1. The summed E-state index contributed by atoms with van der Waals surface area (Å²) in [5.41, 5.74) is 4.11. The predicted molar refractivity (Wildman–Crippen MR) is 119 cm³/mol. The van der Waals surface area contributed by atoms with Crippen molar-refractivity contribution < 1.29 is 4.79 Å². The summed E-state index contributed by atoms with van der Waals surface area (Å²) < 4.78 is 0. The van der Waals surface area contributed by atoms with Gasteiger partial charge in [-0.1, -0.05) is 37.3 Å². The number of thioether (sulfide) groups is 1. The van der Waals surface area contributed by atoms with E-state index in [1.54, 1.807) is 0 Å². The minimum Gasteiger partial charge on any atom is -0.342 e. The Kier molecular flexibility index (Phi) is 4.62. The smallest absolute Gasteiger partial charge is 0.222 e. The highest BCUT2D eigenvalue weighted by molar-refractivity contribution is 7.98. The van der Waals surface area contributed by atoms with Crippen LogP contribution in [0.3, 0.4) is 0 Å². The average molecular weight is 403 g/mol. The van der Waals surface area contributed by atoms with Crippen molar-refractivity contribution in [3.05, 3.63) is 71.5 Å². The highest BCUT2D eigenvalue weighted by atomic mass is 32.2. The lowest BCUT2D eigenvalue weighted by atomic mass is 9.63. The molecule has 3 aromatic rings. The fourth-order valence-electron chi connectivity index (χ4n) is 5.22. The number of amides is 1. The fourth-order valence-corrected chi connectivity index (χ4v) is 6.08. The zero-order valence-corrected chi connectivity index (χ0v) is 17.8. The average Bonchev–Trinajstić information content (AvgIpc) is 2.75. The Morgan fingerprint density at radius 3 is 2.83 bits per heavy atom. The number of likely N-dealkylation sites (N-methyl/N-ethyl adjacent to an activating group) is 1. The Labute approximate surface area is 176 Å². The van der Waals surface area contributed by atoms with Gasteiger partial charge in [0, 0.05) is 47.2 Å². The first kappa shape index (κ1) is 18.7. The van der Waals surface area contributed by atoms with Gasteiger partial charge in [-0.15, -0.1) is 11.8 Å². The van der Waals surface area contributed by atoms with Crippen LogP contribution in [-0.2, 0) is 22.4 Å². The molecule has 5 rings (SSSR count). The number of benzene rings is 2. The summed E-state index contributed by atoms with van der Waals surface area (Å²) in [7, 11) is 1.98. The number of aryl methyl sites for hydroxylation is 1. The summed E-state index contributed by atoms with van der Waals surface area (Å²) in [5, 5.41) is 2.44. The van der Waals surface area contributed by atoms with Crippen LogP contribution in [0.1, 0.15) is 43.0 Å². The van der Waals surface area contributed by atoms with Gasteiger partial charge in [-0.3, -0.25) is 9.78 Å². The van der Waals surface area contributed by atoms with Gasteiger partial charge in [-0.2, -0.15) is 0 Å². The third kappa shape index (κ3) is 3.24. The molecule has 0 radical (unpaired) electrons. The molecule has 3 nitrogen and oxygen atoms in total. The van der Waals surface area contributed by atoms with E-state index in [1.807, 2.05) is 29.9 Å². The molecule has 0 N–H and O–H groups in total. The second-order valence-electron chi connectivity index (χ2n) is 8.61. The molecule has 2 aliphatic rings. The molecule has 1 fully saturated rings. The van der Waals surface area contributed by atoms with E-state index in [0.29, 0.717) is 18.4 Å². The van der Waals surface area contributed by atoms with Crippen LogP contribution >= 0.6 is 11.8 Å². The topological polar surface area (TPSA) is 33.2 Å². The molecule has 2 unspecified atom stereocenters. The zero-order valence-electron chi connectivity index (χ0n) is 17.0. The number of carbonyl (C=O) groups excluding carboxylic acids is 1. The SMILES string of the molecule is CN1C(=O)CCC2(C)c3ccc(SCc4cc5ccccc5cn4)cc3CCC12. The van der Waals surface area contributed by atoms with Crippen LogP contribution in [0.2, 0.25) is 0 Å². The number of aromatic nitrogens is 1. The summed E-state index contributed by atoms with van der Waals surface area (Å²) in [6.45, 7) is 2.35. The quantitative estimate of drug-likeness (QED) is 0.554. The number of nitrogens with zero attached hydrogens (tertiary/aromatic N) is 2. The first-order valence-corrected chi connectivity index (χ1v) is 11.4. The number of pyridine rings is 1. The largest absolute Gasteiger partial charge is 0.342 e. The molecule has 2 heterocycles. The molecular weight excluding hydrogens is 376 g/mol. The number of carbonyl (C=O) groups is 1. The van der Waals surface area contributed by atoms with Gasteiger partial charge >= 0.3 is 0 Å². The summed E-state index contributed by atoms with van der Waals surface area (Å²) >= 11 is 1.86. The molecule has 1 saturated heterocycles. The van der Waals surface area contributed by atoms with E-state index in [1.165, 1.54) is 26.8 Å². The van der Waals surface area contributed by atoms with Crippen LogP contribution in [0.4, 0.5) is 0 Å². The predicted octanol–water partition coefficient (Wildman–Crippen LogP) is 5.35. The summed E-state index contributed by atoms with van der Waals surface area (Å²) in [6.07, 6.45) is 5.70. The number of piperidine rings is 1. The van der Waals surface area contributed by atoms with Crippen molar-refractivity contribution in [2.75, 3.05) is 7.05 Å². The number of hydrogen-bond donors (Lipinski definition) is 0. The lowest BCUT2D eigenvalue weighted by Crippen LogP contribution is -2.56. The van der Waals surface area contributed by atoms with Crippen LogP contribution in [0.15, 0.2) is 59.6 Å². The van der Waals surface area contributed by atoms with E-state index in [4.69, 9.17) is 0 Å². The van der Waals surface area contributed by atoms with E-state index in [2.05, 4.69) is 60.4 Å². The number of fused-ring (bicyclic) bond motifs is 4. The minimum atomic E-state index is 0.0827. The van der Waals surface area contributed by atoms with E-state index in [9.17, 15) is 4.79 Å². The molecular formula is C25H26N2OS. The van der Waals surface area contributed by atoms with Gasteiger partial charge < -0.3 is 4.90 Å². The maximum absolute atomic E-state index is 12.2. The van der Waals surface area contributed by atoms with Crippen molar-refractivity contribution in [2.45, 2.75) is 54.7 Å². The van der Waals surface area contributed by atoms with Crippen molar-refractivity contribution in [1.82, 2.24) is 9.88 Å². The van der Waals surface area contributed by atoms with Gasteiger partial charge in [0.25, 0.3) is 0 Å². The molecule has 1 aliphatic heterocycles. The van der Waals surface area contributed by atoms with Crippen molar-refractivity contribution >= 4 is 28.4 Å². The van der Waals surface area contributed by atoms with E-state index in [-0.39, 0.29) is 5.41 Å². The Morgan fingerprint density at radius 1 is 1.14 bits per heavy atom. The summed E-state index contributed by atoms with van der Waals surface area (Å²) in [5.74, 6) is 1.17. The zero-order chi connectivity index (χ0) is 20.0. The van der Waals surface area contributed by atoms with Gasteiger partial charge in [0.05, 0.1) is 5.69 Å². The summed E-state index contributed by atoms with van der Waals surface area (Å²) in [6, 6.07) is 17.9. The molecule has 1 amide bonds. The first-order chi connectivity index (χ1) is 14.0. The molecule has 0 spiro atoms.